The maximum absolute atomic E-state index is 11.6. The van der Waals surface area contributed by atoms with E-state index in [0.29, 0.717) is 18.8 Å². The lowest BCUT2D eigenvalue weighted by Gasteiger charge is -2.24. The molecule has 1 aliphatic heterocycles. The van der Waals surface area contributed by atoms with E-state index in [0.717, 1.165) is 30.4 Å². The van der Waals surface area contributed by atoms with Gasteiger partial charge in [0.05, 0.1) is 11.5 Å². The SMILES string of the molecule is CCNC(=NCC(C)(C)Cc1cccc(Cl)c1)NCC1CCS(=O)(=O)C1.I. The van der Waals surface area contributed by atoms with Crippen LogP contribution in [0.25, 0.3) is 0 Å². The predicted octanol–water partition coefficient (Wildman–Crippen LogP) is 3.52. The molecule has 1 aromatic carbocycles. The first kappa shape index (κ1) is 24.5. The van der Waals surface area contributed by atoms with E-state index in [1.807, 2.05) is 25.1 Å². The molecule has 0 radical (unpaired) electrons. The first-order valence-electron chi connectivity index (χ1n) is 9.16. The summed E-state index contributed by atoms with van der Waals surface area (Å²) >= 11 is 6.08. The molecule has 0 saturated carbocycles. The van der Waals surface area contributed by atoms with Crippen LogP contribution in [0.5, 0.6) is 0 Å². The number of nitrogens with one attached hydrogen (secondary N) is 2. The van der Waals surface area contributed by atoms with Crippen molar-refractivity contribution in [2.24, 2.45) is 16.3 Å². The van der Waals surface area contributed by atoms with Crippen LogP contribution in [-0.2, 0) is 16.3 Å². The molecule has 1 aromatic rings. The second-order valence-corrected chi connectivity index (χ2v) is 10.5. The molecule has 5 nitrogen and oxygen atoms in total. The molecule has 2 N–H and O–H groups in total. The van der Waals surface area contributed by atoms with E-state index < -0.39 is 9.84 Å². The van der Waals surface area contributed by atoms with Gasteiger partial charge in [0.15, 0.2) is 15.8 Å². The highest BCUT2D eigenvalue weighted by Gasteiger charge is 2.27. The number of benzene rings is 1. The van der Waals surface area contributed by atoms with Crippen molar-refractivity contribution in [1.82, 2.24) is 10.6 Å². The molecule has 1 aliphatic rings. The number of hydrogen-bond donors (Lipinski definition) is 2. The van der Waals surface area contributed by atoms with Gasteiger partial charge in [0.25, 0.3) is 0 Å². The van der Waals surface area contributed by atoms with Crippen molar-refractivity contribution in [3.63, 3.8) is 0 Å². The summed E-state index contributed by atoms with van der Waals surface area (Å²) in [6.45, 7) is 8.46. The van der Waals surface area contributed by atoms with Gasteiger partial charge in [-0.2, -0.15) is 0 Å². The van der Waals surface area contributed by atoms with Crippen molar-refractivity contribution in [3.05, 3.63) is 34.9 Å². The molecule has 2 rings (SSSR count). The first-order chi connectivity index (χ1) is 12.2. The minimum atomic E-state index is -2.84. The molecule has 0 aromatic heterocycles. The van der Waals surface area contributed by atoms with E-state index in [1.165, 1.54) is 5.56 Å². The van der Waals surface area contributed by atoms with E-state index in [4.69, 9.17) is 16.6 Å². The van der Waals surface area contributed by atoms with Crippen molar-refractivity contribution >= 4 is 51.4 Å². The highest BCUT2D eigenvalue weighted by Crippen LogP contribution is 2.24. The molecular formula is C19H31ClIN3O2S. The zero-order valence-corrected chi connectivity index (χ0v) is 20.2. The van der Waals surface area contributed by atoms with Gasteiger partial charge in [-0.05, 0) is 48.8 Å². The number of nitrogens with zero attached hydrogens (tertiary/aromatic N) is 1. The minimum absolute atomic E-state index is 0. The van der Waals surface area contributed by atoms with Crippen molar-refractivity contribution in [3.8, 4) is 0 Å². The van der Waals surface area contributed by atoms with Crippen molar-refractivity contribution in [2.45, 2.75) is 33.6 Å². The molecule has 154 valence electrons. The van der Waals surface area contributed by atoms with E-state index >= 15 is 0 Å². The van der Waals surface area contributed by atoms with Gasteiger partial charge in [-0.3, -0.25) is 4.99 Å². The first-order valence-corrected chi connectivity index (χ1v) is 11.4. The van der Waals surface area contributed by atoms with Gasteiger partial charge < -0.3 is 10.6 Å². The summed E-state index contributed by atoms with van der Waals surface area (Å²) in [6, 6.07) is 7.93. The summed E-state index contributed by atoms with van der Waals surface area (Å²) in [4.78, 5) is 4.71. The Labute approximate surface area is 185 Å². The minimum Gasteiger partial charge on any atom is -0.357 e. The van der Waals surface area contributed by atoms with Crippen LogP contribution in [0.2, 0.25) is 5.02 Å². The Hall–Kier alpha value is -0.540. The second kappa shape index (κ2) is 10.9. The van der Waals surface area contributed by atoms with Crippen LogP contribution in [0.4, 0.5) is 0 Å². The van der Waals surface area contributed by atoms with E-state index in [-0.39, 0.29) is 41.1 Å². The Morgan fingerprint density at radius 1 is 1.33 bits per heavy atom. The fraction of sp³-hybridized carbons (Fsp3) is 0.632. The summed E-state index contributed by atoms with van der Waals surface area (Å²) in [7, 11) is -2.84. The normalized spacial score (nSPS) is 19.4. The van der Waals surface area contributed by atoms with E-state index in [9.17, 15) is 8.42 Å². The van der Waals surface area contributed by atoms with Crippen molar-refractivity contribution in [1.29, 1.82) is 0 Å². The predicted molar refractivity (Wildman–Crippen MR) is 125 cm³/mol. The van der Waals surface area contributed by atoms with Crippen molar-refractivity contribution < 1.29 is 8.42 Å². The molecule has 0 amide bonds. The van der Waals surface area contributed by atoms with Gasteiger partial charge in [0, 0.05) is 24.7 Å². The van der Waals surface area contributed by atoms with Crippen LogP contribution in [0.3, 0.4) is 0 Å². The topological polar surface area (TPSA) is 70.6 Å². The Balaban J connectivity index is 0.00000364. The molecular weight excluding hydrogens is 497 g/mol. The molecule has 1 unspecified atom stereocenters. The summed E-state index contributed by atoms with van der Waals surface area (Å²) in [5.41, 5.74) is 1.19. The Bertz CT molecular complexity index is 738. The Kier molecular flexibility index (Phi) is 9.85. The zero-order chi connectivity index (χ0) is 19.2. The summed E-state index contributed by atoms with van der Waals surface area (Å²) in [5, 5.41) is 7.29. The van der Waals surface area contributed by atoms with Crippen LogP contribution in [0, 0.1) is 11.3 Å². The molecule has 27 heavy (non-hydrogen) atoms. The number of sulfone groups is 1. The highest BCUT2D eigenvalue weighted by molar-refractivity contribution is 14.0. The molecule has 0 aliphatic carbocycles. The average Bonchev–Trinajstić information content (AvgIpc) is 2.89. The quantitative estimate of drug-likeness (QED) is 0.323. The third-order valence-corrected chi connectivity index (χ3v) is 6.54. The summed E-state index contributed by atoms with van der Waals surface area (Å²) < 4.78 is 23.2. The molecule has 1 fully saturated rings. The summed E-state index contributed by atoms with van der Waals surface area (Å²) in [6.07, 6.45) is 1.62. The lowest BCUT2D eigenvalue weighted by molar-refractivity contribution is 0.376. The van der Waals surface area contributed by atoms with Crippen LogP contribution >= 0.6 is 35.6 Å². The third kappa shape index (κ3) is 9.00. The molecule has 1 heterocycles. The average molecular weight is 528 g/mol. The van der Waals surface area contributed by atoms with Crippen LogP contribution in [0.1, 0.15) is 32.8 Å². The van der Waals surface area contributed by atoms with E-state index in [1.54, 1.807) is 0 Å². The van der Waals surface area contributed by atoms with Gasteiger partial charge in [-0.25, -0.2) is 8.42 Å². The zero-order valence-electron chi connectivity index (χ0n) is 16.3. The van der Waals surface area contributed by atoms with Gasteiger partial charge in [-0.15, -0.1) is 24.0 Å². The fourth-order valence-corrected chi connectivity index (χ4v) is 5.24. The number of halogens is 2. The number of hydrogen-bond acceptors (Lipinski definition) is 3. The number of aliphatic imine (C=N–C) groups is 1. The van der Waals surface area contributed by atoms with Crippen LogP contribution in [0.15, 0.2) is 29.3 Å². The van der Waals surface area contributed by atoms with Gasteiger partial charge in [0.1, 0.15) is 0 Å². The molecule has 0 spiro atoms. The maximum atomic E-state index is 11.6. The van der Waals surface area contributed by atoms with Crippen LogP contribution in [-0.4, -0.2) is 45.5 Å². The van der Waals surface area contributed by atoms with Gasteiger partial charge >= 0.3 is 0 Å². The Morgan fingerprint density at radius 3 is 2.67 bits per heavy atom. The molecule has 1 atom stereocenters. The summed E-state index contributed by atoms with van der Waals surface area (Å²) in [5.74, 6) is 1.50. The van der Waals surface area contributed by atoms with Crippen molar-refractivity contribution in [2.75, 3.05) is 31.1 Å². The standard InChI is InChI=1S/C19H30ClN3O2S.HI/c1-4-21-18(22-12-16-8-9-26(24,25)13-16)23-14-19(2,3)11-15-6-5-7-17(20)10-15;/h5-7,10,16H,4,8-9,11-14H2,1-3H3,(H2,21,22,23);1H. The molecule has 0 bridgehead atoms. The lowest BCUT2D eigenvalue weighted by Crippen LogP contribution is -2.40. The number of guanidine groups is 1. The second-order valence-electron chi connectivity index (χ2n) is 7.82. The smallest absolute Gasteiger partial charge is 0.191 e. The van der Waals surface area contributed by atoms with Gasteiger partial charge in [0.2, 0.25) is 0 Å². The number of rotatable bonds is 7. The largest absolute Gasteiger partial charge is 0.357 e. The van der Waals surface area contributed by atoms with E-state index in [2.05, 4.69) is 30.5 Å². The molecule has 1 saturated heterocycles. The monoisotopic (exact) mass is 527 g/mol. The maximum Gasteiger partial charge on any atom is 0.191 e. The lowest BCUT2D eigenvalue weighted by atomic mass is 9.86. The molecule has 8 heteroatoms. The fourth-order valence-electron chi connectivity index (χ4n) is 3.16. The third-order valence-electron chi connectivity index (χ3n) is 4.47. The Morgan fingerprint density at radius 2 is 2.07 bits per heavy atom. The van der Waals surface area contributed by atoms with Gasteiger partial charge in [-0.1, -0.05) is 37.6 Å². The van der Waals surface area contributed by atoms with Crippen LogP contribution < -0.4 is 10.6 Å². The highest BCUT2D eigenvalue weighted by atomic mass is 127.